The SMILES string of the molecule is C1=CC2=C(C1)CC=C2.C1=CC2=C(C=CC2)C1.C1=CC2CCCC2C=C1.C1=CCc2ccccc2C1.C1=Cc2ccccc2C1.C1=Cc2ccccc2CC1.C1=c2ccccc2=CC1.CC.CC.CC.CC.CC.CC.CC.CC.CC.c1ccc2c(c1)CCCCC2.c1ccc2c(c1)CCc1ccccc1C2. The molecular formula is C107H146. The first kappa shape index (κ1) is 94.5. The van der Waals surface area contributed by atoms with E-state index in [-0.39, 0.29) is 0 Å². The van der Waals surface area contributed by atoms with Gasteiger partial charge in [-0.2, -0.15) is 0 Å². The molecule has 0 amide bonds. The van der Waals surface area contributed by atoms with Gasteiger partial charge in [-0.25, -0.2) is 0 Å². The normalized spacial score (nSPS) is 16.0. The minimum absolute atomic E-state index is 0.898. The Labute approximate surface area is 658 Å². The molecule has 0 aliphatic heterocycles. The fourth-order valence-electron chi connectivity index (χ4n) is 13.9. The summed E-state index contributed by atoms with van der Waals surface area (Å²) in [6.45, 7) is 36.0. The third kappa shape index (κ3) is 34.5. The first-order chi connectivity index (χ1) is 53.2. The summed E-state index contributed by atoms with van der Waals surface area (Å²) in [7, 11) is 0. The Morgan fingerprint density at radius 3 is 1.03 bits per heavy atom. The molecule has 0 radical (unpaired) electrons. The highest BCUT2D eigenvalue weighted by Gasteiger charge is 2.23. The van der Waals surface area contributed by atoms with Gasteiger partial charge in [0.25, 0.3) is 0 Å². The zero-order valence-electron chi connectivity index (χ0n) is 70.7. The molecule has 0 bridgehead atoms. The smallest absolute Gasteiger partial charge is 0.00203 e. The topological polar surface area (TPSA) is 0 Å². The number of hydrogen-bond acceptors (Lipinski definition) is 0. The van der Waals surface area contributed by atoms with Crippen LogP contribution in [0.4, 0.5) is 0 Å². The van der Waals surface area contributed by atoms with E-state index < -0.39 is 0 Å². The summed E-state index contributed by atoms with van der Waals surface area (Å²) in [6, 6.07) is 60.7. The molecule has 7 aromatic carbocycles. The van der Waals surface area contributed by atoms with Crippen molar-refractivity contribution >= 4 is 24.3 Å². The van der Waals surface area contributed by atoms with Crippen molar-refractivity contribution in [3.05, 3.63) is 367 Å². The first-order valence-electron chi connectivity index (χ1n) is 42.8. The molecule has 0 saturated heterocycles. The fourth-order valence-corrected chi connectivity index (χ4v) is 13.9. The van der Waals surface area contributed by atoms with Crippen LogP contribution >= 0.6 is 0 Å². The maximum Gasteiger partial charge on any atom is -0.00203 e. The van der Waals surface area contributed by atoms with E-state index in [0.717, 1.165) is 43.9 Å². The van der Waals surface area contributed by atoms with Crippen molar-refractivity contribution in [3.8, 4) is 0 Å². The lowest BCUT2D eigenvalue weighted by Gasteiger charge is -2.13. The van der Waals surface area contributed by atoms with Crippen molar-refractivity contribution in [2.24, 2.45) is 11.8 Å². The van der Waals surface area contributed by atoms with E-state index in [1.165, 1.54) is 186 Å². The zero-order chi connectivity index (χ0) is 78.3. The summed E-state index contributed by atoms with van der Waals surface area (Å²) in [4.78, 5) is 0. The summed E-state index contributed by atoms with van der Waals surface area (Å²) in [5.41, 5.74) is 24.1. The van der Waals surface area contributed by atoms with Crippen LogP contribution in [0.3, 0.4) is 0 Å². The molecule has 0 heteroatoms. The number of allylic oxidation sites excluding steroid dienone is 20. The molecule has 1 saturated carbocycles. The third-order valence-corrected chi connectivity index (χ3v) is 19.0. The van der Waals surface area contributed by atoms with Crippen LogP contribution in [0.1, 0.15) is 268 Å². The zero-order valence-corrected chi connectivity index (χ0v) is 70.7. The van der Waals surface area contributed by atoms with Crippen molar-refractivity contribution in [2.75, 3.05) is 0 Å². The predicted octanol–water partition coefficient (Wildman–Crippen LogP) is 30.4. The number of benzene rings is 7. The average molecular weight is 1430 g/mol. The third-order valence-electron chi connectivity index (χ3n) is 19.0. The van der Waals surface area contributed by atoms with Crippen molar-refractivity contribution in [1.82, 2.24) is 0 Å². The largest absolute Gasteiger partial charge is 0.0838 e. The standard InChI is InChI=1S/C15H14.C11H14.2C10H10.C9H12.2C9H8.2C8H8.9C2H6/c1-3-7-14-11-15-8-4-2-6-13(15)10-9-12(14)5-1;1-2-6-10-8-4-5-9-11(10)7-3-1;2*1-2-6-10-8-4-3-7-9(10)5-1;3*1-2-5-9-7-3-6-8(9)4-1;2*1-3-7-5-2-6-8(7)4-1;9*1-2/h1-8H,9-11H2;4-5,8-9H,1-3,6-7H2;1-3,5-7H,4,8H2;1-6H,7-8H2;1-2,4-5,8-9H,3,6-7H2;1-2,4-7H,3H2;1-6H,7H2;1-3,6H,4-5H2;1-3,5H,4,6H2;9*1-2H3. The van der Waals surface area contributed by atoms with Gasteiger partial charge in [-0.15, -0.1) is 0 Å². The summed E-state index contributed by atoms with van der Waals surface area (Å²) in [5.74, 6) is 1.80. The van der Waals surface area contributed by atoms with E-state index >= 15 is 0 Å². The molecule has 574 valence electrons. The summed E-state index contributed by atoms with van der Waals surface area (Å²) < 4.78 is 0. The van der Waals surface area contributed by atoms with Gasteiger partial charge in [0.05, 0.1) is 0 Å². The van der Waals surface area contributed by atoms with Crippen LogP contribution in [-0.2, 0) is 57.8 Å². The quantitative estimate of drug-likeness (QED) is 0.105. The summed E-state index contributed by atoms with van der Waals surface area (Å²) in [6.07, 6.45) is 70.9. The van der Waals surface area contributed by atoms with Gasteiger partial charge in [0.1, 0.15) is 0 Å². The van der Waals surface area contributed by atoms with Gasteiger partial charge in [0.2, 0.25) is 0 Å². The Balaban J connectivity index is 0.000000400. The highest BCUT2D eigenvalue weighted by atomic mass is 14.3. The molecule has 12 aliphatic rings. The lowest BCUT2D eigenvalue weighted by atomic mass is 9.92. The molecule has 0 N–H and O–H groups in total. The van der Waals surface area contributed by atoms with E-state index in [1.807, 2.05) is 125 Å². The molecule has 0 heterocycles. The molecular weight excluding hydrogens is 1290 g/mol. The van der Waals surface area contributed by atoms with Crippen LogP contribution in [0.2, 0.25) is 0 Å². The lowest BCUT2D eigenvalue weighted by molar-refractivity contribution is 0.552. The van der Waals surface area contributed by atoms with Gasteiger partial charge in [-0.1, -0.05) is 434 Å². The molecule has 19 rings (SSSR count). The van der Waals surface area contributed by atoms with Gasteiger partial charge in [0.15, 0.2) is 0 Å². The summed E-state index contributed by atoms with van der Waals surface area (Å²) in [5, 5.41) is 2.77. The van der Waals surface area contributed by atoms with E-state index in [2.05, 4.69) is 291 Å². The van der Waals surface area contributed by atoms with Gasteiger partial charge in [-0.05, 0) is 228 Å². The molecule has 12 aliphatic carbocycles. The average Bonchev–Trinajstić information content (AvgIpc) is 1.75. The monoisotopic (exact) mass is 1430 g/mol. The number of fused-ring (bicyclic) bond motifs is 8. The number of aryl methyl sites for hydroxylation is 5. The van der Waals surface area contributed by atoms with E-state index in [4.69, 9.17) is 0 Å². The lowest BCUT2D eigenvalue weighted by Crippen LogP contribution is -2.19. The second-order valence-corrected chi connectivity index (χ2v) is 25.0. The first-order valence-corrected chi connectivity index (χ1v) is 42.8. The van der Waals surface area contributed by atoms with Crippen LogP contribution in [0.5, 0.6) is 0 Å². The van der Waals surface area contributed by atoms with Gasteiger partial charge >= 0.3 is 0 Å². The highest BCUT2D eigenvalue weighted by Crippen LogP contribution is 2.35. The maximum atomic E-state index is 2.36. The Bertz CT molecular complexity index is 3760. The van der Waals surface area contributed by atoms with Crippen molar-refractivity contribution < 1.29 is 0 Å². The van der Waals surface area contributed by atoms with Gasteiger partial charge < -0.3 is 0 Å². The second-order valence-electron chi connectivity index (χ2n) is 25.0. The number of hydrogen-bond donors (Lipinski definition) is 0. The molecule has 107 heavy (non-hydrogen) atoms. The molecule has 2 unspecified atom stereocenters. The van der Waals surface area contributed by atoms with Crippen LogP contribution < -0.4 is 10.4 Å². The molecule has 0 aromatic heterocycles. The molecule has 1 fully saturated rings. The Hall–Kier alpha value is -8.58. The molecule has 7 aromatic rings. The fraction of sp³-hybridized carbons (Fsp3) is 0.383. The summed E-state index contributed by atoms with van der Waals surface area (Å²) >= 11 is 0. The van der Waals surface area contributed by atoms with E-state index in [1.54, 1.807) is 16.7 Å². The Morgan fingerprint density at radius 1 is 0.252 bits per heavy atom. The van der Waals surface area contributed by atoms with E-state index in [0.29, 0.717) is 0 Å². The Morgan fingerprint density at radius 2 is 0.598 bits per heavy atom. The molecule has 2 atom stereocenters. The minimum atomic E-state index is 0.898. The molecule has 0 nitrogen and oxygen atoms in total. The number of rotatable bonds is 0. The van der Waals surface area contributed by atoms with Crippen molar-refractivity contribution in [2.45, 2.75) is 259 Å². The predicted molar refractivity (Wildman–Crippen MR) is 486 cm³/mol. The van der Waals surface area contributed by atoms with Crippen LogP contribution in [-0.4, -0.2) is 0 Å². The van der Waals surface area contributed by atoms with Crippen LogP contribution in [0.25, 0.3) is 24.3 Å². The second kappa shape index (κ2) is 62.5. The maximum absolute atomic E-state index is 2.36. The minimum Gasteiger partial charge on any atom is -0.0838 e. The van der Waals surface area contributed by atoms with Gasteiger partial charge in [-0.3, -0.25) is 0 Å². The molecule has 0 spiro atoms. The van der Waals surface area contributed by atoms with Crippen LogP contribution in [0.15, 0.2) is 289 Å². The van der Waals surface area contributed by atoms with E-state index in [9.17, 15) is 0 Å². The highest BCUT2D eigenvalue weighted by molar-refractivity contribution is 5.59. The van der Waals surface area contributed by atoms with Gasteiger partial charge in [0, 0.05) is 0 Å². The van der Waals surface area contributed by atoms with Crippen LogP contribution in [0, 0.1) is 11.8 Å². The van der Waals surface area contributed by atoms with Crippen molar-refractivity contribution in [3.63, 3.8) is 0 Å². The van der Waals surface area contributed by atoms with Crippen molar-refractivity contribution in [1.29, 1.82) is 0 Å². The Kier molecular flexibility index (Phi) is 55.2.